The zero-order valence-electron chi connectivity index (χ0n) is 25.9. The molecule has 0 aliphatic carbocycles. The zero-order valence-corrected chi connectivity index (χ0v) is 25.9. The Bertz CT molecular complexity index is 1870. The van der Waals surface area contributed by atoms with Crippen LogP contribution in [0.2, 0.25) is 0 Å². The lowest BCUT2D eigenvalue weighted by Gasteiger charge is -2.12. The van der Waals surface area contributed by atoms with Crippen LogP contribution in [0.25, 0.3) is 39.1 Å². The Morgan fingerprint density at radius 3 is 2.02 bits per heavy atom. The van der Waals surface area contributed by atoms with Crippen LogP contribution < -0.4 is 0 Å². The third-order valence-electron chi connectivity index (χ3n) is 7.77. The van der Waals surface area contributed by atoms with Crippen LogP contribution in [0.3, 0.4) is 0 Å². The number of aliphatic imine (C=N–C) groups is 2. The lowest BCUT2D eigenvalue weighted by Crippen LogP contribution is -1.98. The van der Waals surface area contributed by atoms with Crippen molar-refractivity contribution in [3.8, 4) is 33.4 Å². The summed E-state index contributed by atoms with van der Waals surface area (Å²) < 4.78 is 0. The van der Waals surface area contributed by atoms with Crippen LogP contribution in [-0.4, -0.2) is 12.6 Å². The molecular formula is C43H38N2. The minimum Gasteiger partial charge on any atom is -0.245 e. The van der Waals surface area contributed by atoms with Crippen molar-refractivity contribution in [2.75, 3.05) is 0 Å². The van der Waals surface area contributed by atoms with Gasteiger partial charge in [0.15, 0.2) is 5.84 Å². The highest BCUT2D eigenvalue weighted by Gasteiger charge is 2.09. The third-order valence-corrected chi connectivity index (χ3v) is 7.77. The Kier molecular flexibility index (Phi) is 10.4. The summed E-state index contributed by atoms with van der Waals surface area (Å²) in [6.45, 7) is 13.9. The summed E-state index contributed by atoms with van der Waals surface area (Å²) in [5, 5.41) is 0. The zero-order chi connectivity index (χ0) is 31.4. The maximum Gasteiger partial charge on any atom is 0.159 e. The number of rotatable bonds is 11. The molecule has 0 fully saturated rings. The SMILES string of the molecule is C=C/C=C\C=C/Cc1ccc(-c2ccc(-c3ccc(C(=C)/N=C(\N=C)c4cccc(-c5ccccc5)c4)cc3)cc2CC)cc1. The molecule has 0 heterocycles. The number of aryl methyl sites for hydroxylation is 1. The second-order valence-corrected chi connectivity index (χ2v) is 10.7. The van der Waals surface area contributed by atoms with Gasteiger partial charge in [-0.15, -0.1) is 0 Å². The molecule has 0 radical (unpaired) electrons. The van der Waals surface area contributed by atoms with Gasteiger partial charge in [-0.3, -0.25) is 0 Å². The van der Waals surface area contributed by atoms with E-state index in [0.717, 1.165) is 40.7 Å². The highest BCUT2D eigenvalue weighted by atomic mass is 14.9. The first-order valence-corrected chi connectivity index (χ1v) is 15.3. The highest BCUT2D eigenvalue weighted by Crippen LogP contribution is 2.31. The van der Waals surface area contributed by atoms with Gasteiger partial charge in [0.2, 0.25) is 0 Å². The van der Waals surface area contributed by atoms with Crippen LogP contribution in [0.4, 0.5) is 0 Å². The van der Waals surface area contributed by atoms with Crippen molar-refractivity contribution in [1.29, 1.82) is 0 Å². The standard InChI is InChI=1S/C43H38N2/c1-5-7-8-9-11-15-33-20-22-38(23-21-33)42-29-28-40(30-34(42)6-2)37-26-24-35(25-27-37)32(3)45-43(44-4)41-19-14-18-39(31-41)36-16-12-10-13-17-36/h5,7-14,16-31H,1,3-4,6,15H2,2H3/b8-7-,11-9-,45-43-. The maximum absolute atomic E-state index is 4.76. The first-order valence-electron chi connectivity index (χ1n) is 15.3. The van der Waals surface area contributed by atoms with Gasteiger partial charge in [-0.1, -0.05) is 166 Å². The van der Waals surface area contributed by atoms with Crippen LogP contribution in [0, 0.1) is 0 Å². The molecule has 0 saturated heterocycles. The number of amidine groups is 1. The Labute approximate surface area is 267 Å². The van der Waals surface area contributed by atoms with Gasteiger partial charge in [0, 0.05) is 5.56 Å². The van der Waals surface area contributed by atoms with E-state index in [-0.39, 0.29) is 0 Å². The van der Waals surface area contributed by atoms with E-state index in [1.807, 2.05) is 42.5 Å². The van der Waals surface area contributed by atoms with E-state index in [9.17, 15) is 0 Å². The van der Waals surface area contributed by atoms with Crippen molar-refractivity contribution in [3.05, 3.63) is 187 Å². The molecule has 0 unspecified atom stereocenters. The summed E-state index contributed by atoms with van der Waals surface area (Å²) in [5.41, 5.74) is 12.2. The molecular weight excluding hydrogens is 544 g/mol. The molecule has 45 heavy (non-hydrogen) atoms. The molecule has 0 aromatic heterocycles. The van der Waals surface area contributed by atoms with E-state index >= 15 is 0 Å². The van der Waals surface area contributed by atoms with Gasteiger partial charge in [-0.2, -0.15) is 0 Å². The molecule has 0 spiro atoms. The summed E-state index contributed by atoms with van der Waals surface area (Å²) in [6, 6.07) is 42.5. The first-order chi connectivity index (χ1) is 22.1. The molecule has 2 heteroatoms. The minimum atomic E-state index is 0.551. The smallest absolute Gasteiger partial charge is 0.159 e. The van der Waals surface area contributed by atoms with E-state index in [4.69, 9.17) is 4.99 Å². The molecule has 5 rings (SSSR count). The molecule has 0 amide bonds. The van der Waals surface area contributed by atoms with Crippen LogP contribution in [0.5, 0.6) is 0 Å². The quantitative estimate of drug-likeness (QED) is 0.0841. The molecule has 0 N–H and O–H groups in total. The van der Waals surface area contributed by atoms with E-state index in [0.29, 0.717) is 11.5 Å². The molecule has 0 saturated carbocycles. The summed E-state index contributed by atoms with van der Waals surface area (Å²) >= 11 is 0. The first kappa shape index (κ1) is 30.8. The summed E-state index contributed by atoms with van der Waals surface area (Å²) in [5.74, 6) is 0.551. The van der Waals surface area contributed by atoms with Crippen molar-refractivity contribution in [2.45, 2.75) is 19.8 Å². The molecule has 0 bridgehead atoms. The summed E-state index contributed by atoms with van der Waals surface area (Å²) in [6.07, 6.45) is 11.8. The van der Waals surface area contributed by atoms with Gasteiger partial charge < -0.3 is 0 Å². The van der Waals surface area contributed by atoms with E-state index < -0.39 is 0 Å². The maximum atomic E-state index is 4.76. The van der Waals surface area contributed by atoms with Gasteiger partial charge in [0.05, 0.1) is 5.70 Å². The second-order valence-electron chi connectivity index (χ2n) is 10.7. The van der Waals surface area contributed by atoms with E-state index in [1.165, 1.54) is 27.8 Å². The monoisotopic (exact) mass is 582 g/mol. The lowest BCUT2D eigenvalue weighted by molar-refractivity contribution is 1.14. The van der Waals surface area contributed by atoms with Crippen LogP contribution in [0.1, 0.15) is 29.2 Å². The summed E-state index contributed by atoms with van der Waals surface area (Å²) in [7, 11) is 0. The number of hydrogen-bond acceptors (Lipinski definition) is 1. The van der Waals surface area contributed by atoms with Gasteiger partial charge in [-0.25, -0.2) is 9.98 Å². The van der Waals surface area contributed by atoms with E-state index in [1.54, 1.807) is 6.08 Å². The summed E-state index contributed by atoms with van der Waals surface area (Å²) in [4.78, 5) is 9.00. The van der Waals surface area contributed by atoms with Crippen LogP contribution in [0.15, 0.2) is 175 Å². The van der Waals surface area contributed by atoms with Gasteiger partial charge >= 0.3 is 0 Å². The van der Waals surface area contributed by atoms with Gasteiger partial charge in [0.1, 0.15) is 0 Å². The van der Waals surface area contributed by atoms with Crippen molar-refractivity contribution in [2.24, 2.45) is 9.98 Å². The Balaban J connectivity index is 1.31. The lowest BCUT2D eigenvalue weighted by atomic mass is 9.93. The van der Waals surface area contributed by atoms with Crippen LogP contribution >= 0.6 is 0 Å². The number of hydrogen-bond donors (Lipinski definition) is 0. The molecule has 220 valence electrons. The number of benzene rings is 5. The Morgan fingerprint density at radius 2 is 1.31 bits per heavy atom. The largest absolute Gasteiger partial charge is 0.245 e. The molecule has 5 aromatic carbocycles. The molecule has 5 aromatic rings. The molecule has 0 aliphatic heterocycles. The minimum absolute atomic E-state index is 0.551. The van der Waals surface area contributed by atoms with E-state index in [2.05, 4.69) is 135 Å². The van der Waals surface area contributed by atoms with Gasteiger partial charge in [0.25, 0.3) is 0 Å². The van der Waals surface area contributed by atoms with Gasteiger partial charge in [-0.05, 0) is 75.7 Å². The second kappa shape index (κ2) is 15.2. The average molecular weight is 583 g/mol. The average Bonchev–Trinajstić information content (AvgIpc) is 3.11. The fraction of sp³-hybridized carbons (Fsp3) is 0.0698. The normalized spacial score (nSPS) is 11.6. The Hall–Kier alpha value is -5.60. The van der Waals surface area contributed by atoms with Crippen LogP contribution in [-0.2, 0) is 12.8 Å². The van der Waals surface area contributed by atoms with Crippen molar-refractivity contribution in [1.82, 2.24) is 0 Å². The topological polar surface area (TPSA) is 24.7 Å². The predicted octanol–water partition coefficient (Wildman–Crippen LogP) is 11.2. The van der Waals surface area contributed by atoms with Crippen molar-refractivity contribution in [3.63, 3.8) is 0 Å². The molecule has 2 nitrogen and oxygen atoms in total. The molecule has 0 aliphatic rings. The van der Waals surface area contributed by atoms with Crippen molar-refractivity contribution < 1.29 is 0 Å². The van der Waals surface area contributed by atoms with Crippen molar-refractivity contribution >= 4 is 18.3 Å². The Morgan fingerprint density at radius 1 is 0.644 bits per heavy atom. The number of allylic oxidation sites excluding steroid dienone is 5. The predicted molar refractivity (Wildman–Crippen MR) is 196 cm³/mol. The third kappa shape index (κ3) is 7.87. The number of nitrogens with zero attached hydrogens (tertiary/aromatic N) is 2. The highest BCUT2D eigenvalue weighted by molar-refractivity contribution is 6.04. The fourth-order valence-electron chi connectivity index (χ4n) is 5.30. The molecule has 0 atom stereocenters. The fourth-order valence-corrected chi connectivity index (χ4v) is 5.30.